The molecule has 3 rings (SSSR count). The second kappa shape index (κ2) is 7.39. The van der Waals surface area contributed by atoms with Crippen LogP contribution < -0.4 is 5.32 Å². The van der Waals surface area contributed by atoms with E-state index >= 15 is 0 Å². The van der Waals surface area contributed by atoms with E-state index in [4.69, 9.17) is 0 Å². The Morgan fingerprint density at radius 3 is 2.43 bits per heavy atom. The van der Waals surface area contributed by atoms with Gasteiger partial charge in [0, 0.05) is 45.3 Å². The molecule has 1 saturated carbocycles. The third kappa shape index (κ3) is 4.29. The number of nitrogens with zero attached hydrogens (tertiary/aromatic N) is 2. The van der Waals surface area contributed by atoms with Gasteiger partial charge in [0.2, 0.25) is 0 Å². The first kappa shape index (κ1) is 15.0. The average Bonchev–Trinajstić information content (AvgIpc) is 3.34. The Morgan fingerprint density at radius 1 is 1.10 bits per heavy atom. The molecule has 2 fully saturated rings. The van der Waals surface area contributed by atoms with Crippen LogP contribution in [0.25, 0.3) is 0 Å². The van der Waals surface area contributed by atoms with E-state index in [0.29, 0.717) is 6.04 Å². The van der Waals surface area contributed by atoms with Crippen molar-refractivity contribution in [2.24, 2.45) is 5.92 Å². The van der Waals surface area contributed by atoms with Crippen molar-refractivity contribution < 1.29 is 0 Å². The SMILES string of the molecule is CCNCC(c1ccccc1)N1CCN(CC2CC2)CC1. The molecule has 1 aromatic carbocycles. The highest BCUT2D eigenvalue weighted by molar-refractivity contribution is 5.19. The van der Waals surface area contributed by atoms with Crippen molar-refractivity contribution >= 4 is 0 Å². The van der Waals surface area contributed by atoms with Gasteiger partial charge >= 0.3 is 0 Å². The topological polar surface area (TPSA) is 18.5 Å². The van der Waals surface area contributed by atoms with E-state index in [-0.39, 0.29) is 0 Å². The minimum Gasteiger partial charge on any atom is -0.315 e. The van der Waals surface area contributed by atoms with Crippen LogP contribution in [0.1, 0.15) is 31.4 Å². The summed E-state index contributed by atoms with van der Waals surface area (Å²) in [7, 11) is 0. The molecule has 116 valence electrons. The fourth-order valence-electron chi connectivity index (χ4n) is 3.34. The molecule has 1 N–H and O–H groups in total. The molecule has 1 aromatic rings. The van der Waals surface area contributed by atoms with Crippen molar-refractivity contribution in [1.82, 2.24) is 15.1 Å². The quantitative estimate of drug-likeness (QED) is 0.830. The molecule has 0 amide bonds. The number of rotatable bonds is 7. The average molecular weight is 287 g/mol. The number of likely N-dealkylation sites (N-methyl/N-ethyl adjacent to an activating group) is 1. The largest absolute Gasteiger partial charge is 0.315 e. The molecule has 1 saturated heterocycles. The van der Waals surface area contributed by atoms with Crippen LogP contribution in [0.15, 0.2) is 30.3 Å². The van der Waals surface area contributed by atoms with Gasteiger partial charge in [0.1, 0.15) is 0 Å². The van der Waals surface area contributed by atoms with Gasteiger partial charge in [0.05, 0.1) is 0 Å². The maximum Gasteiger partial charge on any atom is 0.0473 e. The highest BCUT2D eigenvalue weighted by Gasteiger charge is 2.28. The Morgan fingerprint density at radius 2 is 1.81 bits per heavy atom. The smallest absolute Gasteiger partial charge is 0.0473 e. The van der Waals surface area contributed by atoms with E-state index in [0.717, 1.165) is 19.0 Å². The summed E-state index contributed by atoms with van der Waals surface area (Å²) >= 11 is 0. The van der Waals surface area contributed by atoms with Crippen LogP contribution in [0.3, 0.4) is 0 Å². The molecule has 1 unspecified atom stereocenters. The van der Waals surface area contributed by atoms with Crippen LogP contribution >= 0.6 is 0 Å². The summed E-state index contributed by atoms with van der Waals surface area (Å²) in [5, 5.41) is 3.54. The molecule has 1 aliphatic carbocycles. The number of hydrogen-bond donors (Lipinski definition) is 1. The summed E-state index contributed by atoms with van der Waals surface area (Å²) in [6.45, 7) is 10.5. The molecular formula is C18H29N3. The third-order valence-corrected chi connectivity index (χ3v) is 4.83. The molecule has 1 heterocycles. The highest BCUT2D eigenvalue weighted by atomic mass is 15.3. The predicted octanol–water partition coefficient (Wildman–Crippen LogP) is 2.36. The van der Waals surface area contributed by atoms with Gasteiger partial charge in [-0.05, 0) is 30.9 Å². The number of piperazine rings is 1. The van der Waals surface area contributed by atoms with Crippen molar-refractivity contribution in [2.45, 2.75) is 25.8 Å². The summed E-state index contributed by atoms with van der Waals surface area (Å²) in [4.78, 5) is 5.34. The summed E-state index contributed by atoms with van der Waals surface area (Å²) in [6, 6.07) is 11.5. The fraction of sp³-hybridized carbons (Fsp3) is 0.667. The fourth-order valence-corrected chi connectivity index (χ4v) is 3.34. The van der Waals surface area contributed by atoms with E-state index < -0.39 is 0 Å². The Hall–Kier alpha value is -0.900. The molecule has 2 aliphatic rings. The van der Waals surface area contributed by atoms with Crippen LogP contribution in [0.2, 0.25) is 0 Å². The van der Waals surface area contributed by atoms with E-state index in [9.17, 15) is 0 Å². The van der Waals surface area contributed by atoms with Crippen LogP contribution in [-0.2, 0) is 0 Å². The molecule has 0 spiro atoms. The maximum absolute atomic E-state index is 3.54. The molecule has 21 heavy (non-hydrogen) atoms. The van der Waals surface area contributed by atoms with Gasteiger partial charge in [-0.15, -0.1) is 0 Å². The zero-order chi connectivity index (χ0) is 14.5. The number of benzene rings is 1. The Kier molecular flexibility index (Phi) is 5.28. The zero-order valence-corrected chi connectivity index (χ0v) is 13.3. The molecule has 3 nitrogen and oxygen atoms in total. The van der Waals surface area contributed by atoms with Crippen molar-refractivity contribution in [3.8, 4) is 0 Å². The molecule has 1 atom stereocenters. The van der Waals surface area contributed by atoms with Crippen LogP contribution in [0, 0.1) is 5.92 Å². The summed E-state index contributed by atoms with van der Waals surface area (Å²) in [5.74, 6) is 1.02. The zero-order valence-electron chi connectivity index (χ0n) is 13.3. The summed E-state index contributed by atoms with van der Waals surface area (Å²) in [5.41, 5.74) is 1.45. The first-order valence-corrected chi connectivity index (χ1v) is 8.59. The van der Waals surface area contributed by atoms with Crippen LogP contribution in [0.4, 0.5) is 0 Å². The lowest BCUT2D eigenvalue weighted by Crippen LogP contribution is -2.49. The second-order valence-corrected chi connectivity index (χ2v) is 6.51. The van der Waals surface area contributed by atoms with Gasteiger partial charge in [-0.3, -0.25) is 4.90 Å². The molecule has 1 aliphatic heterocycles. The lowest BCUT2D eigenvalue weighted by Gasteiger charge is -2.39. The summed E-state index contributed by atoms with van der Waals surface area (Å²) < 4.78 is 0. The van der Waals surface area contributed by atoms with Crippen molar-refractivity contribution in [3.05, 3.63) is 35.9 Å². The van der Waals surface area contributed by atoms with Gasteiger partial charge in [-0.25, -0.2) is 0 Å². The standard InChI is InChI=1S/C18H29N3/c1-2-19-14-18(17-6-4-3-5-7-17)21-12-10-20(11-13-21)15-16-8-9-16/h3-7,16,18-19H,2,8-15H2,1H3. The van der Waals surface area contributed by atoms with Gasteiger partial charge < -0.3 is 10.2 Å². The molecule has 0 radical (unpaired) electrons. The highest BCUT2D eigenvalue weighted by Crippen LogP contribution is 2.30. The van der Waals surface area contributed by atoms with Gasteiger partial charge in [0.15, 0.2) is 0 Å². The van der Waals surface area contributed by atoms with Crippen molar-refractivity contribution in [2.75, 3.05) is 45.8 Å². The Bertz CT molecular complexity index is 408. The minimum absolute atomic E-state index is 0.522. The van der Waals surface area contributed by atoms with E-state index in [2.05, 4.69) is 52.4 Å². The number of hydrogen-bond acceptors (Lipinski definition) is 3. The molecular weight excluding hydrogens is 258 g/mol. The van der Waals surface area contributed by atoms with Gasteiger partial charge in [0.25, 0.3) is 0 Å². The first-order chi connectivity index (χ1) is 10.4. The monoisotopic (exact) mass is 287 g/mol. The Balaban J connectivity index is 1.58. The molecule has 0 bridgehead atoms. The third-order valence-electron chi connectivity index (χ3n) is 4.83. The normalized spacial score (nSPS) is 22.3. The van der Waals surface area contributed by atoms with Crippen LogP contribution in [0.5, 0.6) is 0 Å². The summed E-state index contributed by atoms with van der Waals surface area (Å²) in [6.07, 6.45) is 2.93. The Labute approximate surface area is 129 Å². The lowest BCUT2D eigenvalue weighted by atomic mass is 10.0. The van der Waals surface area contributed by atoms with Crippen molar-refractivity contribution in [1.29, 1.82) is 0 Å². The maximum atomic E-state index is 3.54. The van der Waals surface area contributed by atoms with E-state index in [1.165, 1.54) is 51.1 Å². The number of nitrogens with one attached hydrogen (secondary N) is 1. The second-order valence-electron chi connectivity index (χ2n) is 6.51. The molecule has 0 aromatic heterocycles. The van der Waals surface area contributed by atoms with Crippen molar-refractivity contribution in [3.63, 3.8) is 0 Å². The van der Waals surface area contributed by atoms with Gasteiger partial charge in [-0.1, -0.05) is 37.3 Å². The lowest BCUT2D eigenvalue weighted by molar-refractivity contribution is 0.0923. The van der Waals surface area contributed by atoms with E-state index in [1.54, 1.807) is 0 Å². The van der Waals surface area contributed by atoms with E-state index in [1.807, 2.05) is 0 Å². The first-order valence-electron chi connectivity index (χ1n) is 8.59. The van der Waals surface area contributed by atoms with Gasteiger partial charge in [-0.2, -0.15) is 0 Å². The van der Waals surface area contributed by atoms with Crippen LogP contribution in [-0.4, -0.2) is 55.6 Å². The minimum atomic E-state index is 0.522. The molecule has 3 heteroatoms. The predicted molar refractivity (Wildman–Crippen MR) is 88.5 cm³/mol.